The summed E-state index contributed by atoms with van der Waals surface area (Å²) < 4.78 is 25.0. The second-order valence-corrected chi connectivity index (χ2v) is 25.7. The maximum absolute atomic E-state index is 6.20. The molecule has 0 saturated heterocycles. The lowest BCUT2D eigenvalue weighted by Crippen LogP contribution is -2.10. The first-order valence-corrected chi connectivity index (χ1v) is 30.6. The van der Waals surface area contributed by atoms with Crippen LogP contribution in [-0.2, 0) is 10.8 Å². The number of nitrogens with zero attached hydrogens (tertiary/aromatic N) is 4. The van der Waals surface area contributed by atoms with Crippen LogP contribution in [0.5, 0.6) is 0 Å². The molecule has 0 atom stereocenters. The van der Waals surface area contributed by atoms with Crippen LogP contribution in [0.1, 0.15) is 52.7 Å². The first kappa shape index (κ1) is 52.2. The van der Waals surface area contributed by atoms with Gasteiger partial charge in [0.2, 0.25) is 0 Å². The van der Waals surface area contributed by atoms with Crippen LogP contribution in [0.2, 0.25) is 0 Å². The van der Waals surface area contributed by atoms with Gasteiger partial charge in [0.1, 0.15) is 33.4 Å². The van der Waals surface area contributed by atoms with Crippen molar-refractivity contribution < 1.29 is 8.83 Å². The Kier molecular flexibility index (Phi) is 12.1. The van der Waals surface area contributed by atoms with E-state index >= 15 is 0 Å². The van der Waals surface area contributed by atoms with Gasteiger partial charge in [0.15, 0.2) is 0 Å². The zero-order chi connectivity index (χ0) is 58.7. The quantitative estimate of drug-likeness (QED) is 0.144. The minimum atomic E-state index is 0.0779. The zero-order valence-electron chi connectivity index (χ0n) is 49.3. The second kappa shape index (κ2) is 20.2. The molecule has 16 rings (SSSR count). The SMILES string of the molecule is CC(C)(C)c1ccc(-c2ccc3c(c2)c2cc(-c4ccc(C(C)(C)C)cc4)ccc2n3-c2ccc(-c3ccc(N(c4ccc(-c5ccc6oc7ccccc7c6c5)cc4)c4ccc(-c5ccc6oc7ccccc7c6c5)cc4)c4nsnc34)cc2)cc1. The van der Waals surface area contributed by atoms with Crippen molar-refractivity contribution in [3.63, 3.8) is 0 Å². The fraction of sp³-hybridized carbons (Fsp3) is 0.100. The average Bonchev–Trinajstić information content (AvgIpc) is 1.94. The van der Waals surface area contributed by atoms with Crippen molar-refractivity contribution >= 4 is 106 Å². The molecule has 0 bridgehead atoms. The van der Waals surface area contributed by atoms with E-state index in [9.17, 15) is 0 Å². The molecular weight excluding hydrogens is 1080 g/mol. The molecule has 7 heteroatoms. The summed E-state index contributed by atoms with van der Waals surface area (Å²) >= 11 is 1.25. The molecule has 418 valence electrons. The highest BCUT2D eigenvalue weighted by molar-refractivity contribution is 7.00. The van der Waals surface area contributed by atoms with E-state index in [1.807, 2.05) is 24.3 Å². The molecule has 0 radical (unpaired) electrons. The molecule has 4 aromatic heterocycles. The number of furan rings is 2. The molecule has 0 aliphatic heterocycles. The third-order valence-electron chi connectivity index (χ3n) is 17.7. The molecular formula is C80H60N4O2S. The normalized spacial score (nSPS) is 12.3. The van der Waals surface area contributed by atoms with Gasteiger partial charge in [-0.25, -0.2) is 0 Å². The maximum atomic E-state index is 6.20. The summed E-state index contributed by atoms with van der Waals surface area (Å²) in [4.78, 5) is 2.31. The van der Waals surface area contributed by atoms with Gasteiger partial charge in [-0.1, -0.05) is 187 Å². The van der Waals surface area contributed by atoms with Gasteiger partial charge in [-0.3, -0.25) is 0 Å². The number of benzene rings is 12. The summed E-state index contributed by atoms with van der Waals surface area (Å²) in [5.74, 6) is 0. The monoisotopic (exact) mass is 1140 g/mol. The highest BCUT2D eigenvalue weighted by Gasteiger charge is 2.23. The van der Waals surface area contributed by atoms with E-state index in [-0.39, 0.29) is 10.8 Å². The van der Waals surface area contributed by atoms with E-state index in [4.69, 9.17) is 17.6 Å². The van der Waals surface area contributed by atoms with Crippen LogP contribution in [-0.4, -0.2) is 13.3 Å². The van der Waals surface area contributed by atoms with Crippen LogP contribution in [0.15, 0.2) is 264 Å². The van der Waals surface area contributed by atoms with Crippen molar-refractivity contribution in [3.05, 3.63) is 266 Å². The van der Waals surface area contributed by atoms with Crippen molar-refractivity contribution in [2.45, 2.75) is 52.4 Å². The van der Waals surface area contributed by atoms with E-state index in [0.717, 1.165) is 122 Å². The Balaban J connectivity index is 0.776. The fourth-order valence-electron chi connectivity index (χ4n) is 12.9. The number of anilines is 3. The second-order valence-electron chi connectivity index (χ2n) is 25.1. The van der Waals surface area contributed by atoms with Gasteiger partial charge >= 0.3 is 0 Å². The van der Waals surface area contributed by atoms with E-state index in [0.29, 0.717) is 0 Å². The minimum absolute atomic E-state index is 0.0779. The number of fused-ring (bicyclic) bond motifs is 10. The average molecular weight is 1140 g/mol. The van der Waals surface area contributed by atoms with Crippen molar-refractivity contribution in [3.8, 4) is 61.3 Å². The summed E-state index contributed by atoms with van der Waals surface area (Å²) in [6.07, 6.45) is 0. The predicted octanol–water partition coefficient (Wildman–Crippen LogP) is 23.0. The number of hydrogen-bond acceptors (Lipinski definition) is 6. The van der Waals surface area contributed by atoms with Crippen LogP contribution in [0.25, 0.3) is 138 Å². The Bertz CT molecular complexity index is 5050. The van der Waals surface area contributed by atoms with Gasteiger partial charge in [0, 0.05) is 54.9 Å². The molecule has 6 nitrogen and oxygen atoms in total. The smallest absolute Gasteiger partial charge is 0.135 e. The number of aromatic nitrogens is 3. The van der Waals surface area contributed by atoms with Crippen molar-refractivity contribution in [2.24, 2.45) is 0 Å². The van der Waals surface area contributed by atoms with Gasteiger partial charge in [0.25, 0.3) is 0 Å². The van der Waals surface area contributed by atoms with Gasteiger partial charge in [-0.15, -0.1) is 0 Å². The Morgan fingerprint density at radius 1 is 0.333 bits per heavy atom. The molecule has 0 N–H and O–H groups in total. The molecule has 0 unspecified atom stereocenters. The lowest BCUT2D eigenvalue weighted by atomic mass is 9.86. The van der Waals surface area contributed by atoms with Gasteiger partial charge in [0.05, 0.1) is 28.4 Å². The predicted molar refractivity (Wildman–Crippen MR) is 366 cm³/mol. The molecule has 0 spiro atoms. The van der Waals surface area contributed by atoms with Crippen molar-refractivity contribution in [2.75, 3.05) is 4.90 Å². The van der Waals surface area contributed by atoms with Gasteiger partial charge < -0.3 is 18.3 Å². The number of rotatable bonds is 9. The van der Waals surface area contributed by atoms with Crippen LogP contribution < -0.4 is 4.90 Å². The first-order valence-electron chi connectivity index (χ1n) is 29.8. The van der Waals surface area contributed by atoms with Crippen LogP contribution >= 0.6 is 11.7 Å². The zero-order valence-corrected chi connectivity index (χ0v) is 50.1. The minimum Gasteiger partial charge on any atom is -0.456 e. The van der Waals surface area contributed by atoms with E-state index < -0.39 is 0 Å². The number of para-hydroxylation sites is 2. The highest BCUT2D eigenvalue weighted by Crippen LogP contribution is 2.45. The molecule has 0 aliphatic carbocycles. The van der Waals surface area contributed by atoms with Gasteiger partial charge in [-0.2, -0.15) is 8.75 Å². The number of hydrogen-bond donors (Lipinski definition) is 0. The van der Waals surface area contributed by atoms with Crippen molar-refractivity contribution in [1.82, 2.24) is 13.3 Å². The van der Waals surface area contributed by atoms with E-state index in [1.165, 1.54) is 55.9 Å². The maximum Gasteiger partial charge on any atom is 0.135 e. The van der Waals surface area contributed by atoms with E-state index in [1.54, 1.807) is 0 Å². The Labute approximate surface area is 509 Å². The van der Waals surface area contributed by atoms with Crippen LogP contribution in [0.3, 0.4) is 0 Å². The molecule has 12 aromatic carbocycles. The Morgan fingerprint density at radius 2 is 0.713 bits per heavy atom. The fourth-order valence-corrected chi connectivity index (χ4v) is 13.5. The molecule has 0 aliphatic rings. The molecule has 87 heavy (non-hydrogen) atoms. The van der Waals surface area contributed by atoms with E-state index in [2.05, 4.69) is 282 Å². The molecule has 4 heterocycles. The summed E-state index contributed by atoms with van der Waals surface area (Å²) in [5, 5.41) is 6.87. The van der Waals surface area contributed by atoms with Gasteiger partial charge in [-0.05, 0) is 181 Å². The topological polar surface area (TPSA) is 60.2 Å². The lowest BCUT2D eigenvalue weighted by Gasteiger charge is -2.26. The summed E-state index contributed by atoms with van der Waals surface area (Å²) in [6, 6.07) is 92.6. The lowest BCUT2D eigenvalue weighted by molar-refractivity contribution is 0.590. The third-order valence-corrected chi connectivity index (χ3v) is 18.2. The summed E-state index contributed by atoms with van der Waals surface area (Å²) in [6.45, 7) is 13.6. The molecule has 0 amide bonds. The molecule has 0 saturated carbocycles. The van der Waals surface area contributed by atoms with Crippen LogP contribution in [0.4, 0.5) is 17.1 Å². The molecule has 0 fully saturated rings. The summed E-state index contributed by atoms with van der Waals surface area (Å²) in [7, 11) is 0. The highest BCUT2D eigenvalue weighted by atomic mass is 32.1. The summed E-state index contributed by atoms with van der Waals surface area (Å²) in [5.41, 5.74) is 25.8. The van der Waals surface area contributed by atoms with Crippen molar-refractivity contribution in [1.29, 1.82) is 0 Å². The Hall–Kier alpha value is -10.3. The third kappa shape index (κ3) is 9.08. The standard InChI is InChI=1S/C80H60N4O2S/c1-79(2,3)58-29-15-49(16-30-58)54-25-40-70-66(45-54)67-46-55(50-17-31-59(32-18-50)80(4,5)6)26-41-71(67)84(70)62-37-23-53(24-38-62)63-39-42-72(78-77(63)81-87-82-78)83(60-33-19-51(20-34-60)56-27-43-75-68(47-56)64-11-7-9-13-73(64)85-75)61-35-21-52(22-36-61)57-28-44-76-69(48-57)65-12-8-10-14-74(65)86-76/h7-48H,1-6H3. The largest absolute Gasteiger partial charge is 0.456 e. The Morgan fingerprint density at radius 3 is 1.17 bits per heavy atom. The molecule has 16 aromatic rings. The first-order chi connectivity index (χ1) is 42.3. The van der Waals surface area contributed by atoms with Crippen LogP contribution in [0, 0.1) is 0 Å².